The average molecular weight is 417 g/mol. The summed E-state index contributed by atoms with van der Waals surface area (Å²) in [7, 11) is 0. The minimum Gasteiger partial charge on any atom is -0.395 e. The normalized spacial score (nSPS) is 13.9. The molecule has 0 saturated carbocycles. The van der Waals surface area contributed by atoms with E-state index in [0.29, 0.717) is 19.6 Å². The molecule has 0 saturated heterocycles. The Labute approximate surface area is 181 Å². The van der Waals surface area contributed by atoms with Gasteiger partial charge in [0.15, 0.2) is 0 Å². The molecule has 0 spiro atoms. The molecule has 0 aromatic heterocycles. The number of unbranched alkanes of at least 4 members (excludes halogenated alkanes) is 12. The molecule has 5 nitrogen and oxygen atoms in total. The zero-order chi connectivity index (χ0) is 21.6. The van der Waals surface area contributed by atoms with Crippen LogP contribution in [0.2, 0.25) is 0 Å². The molecule has 0 aliphatic rings. The van der Waals surface area contributed by atoms with Crippen molar-refractivity contribution in [2.24, 2.45) is 0 Å². The number of nitrogens with zero attached hydrogens (tertiary/aromatic N) is 1. The lowest BCUT2D eigenvalue weighted by atomic mass is 10.1. The van der Waals surface area contributed by atoms with E-state index in [1.54, 1.807) is 0 Å². The van der Waals surface area contributed by atoms with Crippen molar-refractivity contribution >= 4 is 0 Å². The Kier molecular flexibility index (Phi) is 22.3. The van der Waals surface area contributed by atoms with Crippen LogP contribution in [0, 0.1) is 0 Å². The minimum absolute atomic E-state index is 0.0465. The lowest BCUT2D eigenvalue weighted by Gasteiger charge is -2.26. The summed E-state index contributed by atoms with van der Waals surface area (Å²) in [5, 5.41) is 31.6. The second kappa shape index (κ2) is 22.5. The van der Waals surface area contributed by atoms with Gasteiger partial charge in [0.25, 0.3) is 0 Å². The quantitative estimate of drug-likeness (QED) is 0.142. The predicted octanol–water partition coefficient (Wildman–Crippen LogP) is 4.79. The van der Waals surface area contributed by atoms with Crippen LogP contribution in [0.15, 0.2) is 0 Å². The number of hydrogen-bond acceptors (Lipinski definition) is 5. The maximum absolute atomic E-state index is 10.3. The summed E-state index contributed by atoms with van der Waals surface area (Å²) in [6.45, 7) is 5.97. The number of aliphatic hydroxyl groups is 3. The summed E-state index contributed by atoms with van der Waals surface area (Å²) in [6.07, 6.45) is 18.4. The summed E-state index contributed by atoms with van der Waals surface area (Å²) in [4.78, 5) is 0. The van der Waals surface area contributed by atoms with E-state index in [9.17, 15) is 15.3 Å². The Hall–Kier alpha value is -0.200. The van der Waals surface area contributed by atoms with Crippen LogP contribution in [0.3, 0.4) is 0 Å². The van der Waals surface area contributed by atoms with Crippen molar-refractivity contribution in [2.75, 3.05) is 26.2 Å². The van der Waals surface area contributed by atoms with E-state index in [1.165, 1.54) is 77.0 Å². The Morgan fingerprint density at radius 1 is 0.655 bits per heavy atom. The van der Waals surface area contributed by atoms with Gasteiger partial charge >= 0.3 is 0 Å². The summed E-state index contributed by atoms with van der Waals surface area (Å²) in [6, 6.07) is 0. The third-order valence-corrected chi connectivity index (χ3v) is 5.63. The molecule has 0 aliphatic heterocycles. The Morgan fingerprint density at radius 2 is 1.10 bits per heavy atom. The molecule has 4 N–H and O–H groups in total. The number of hydrogen-bond donors (Lipinski definition) is 4. The van der Waals surface area contributed by atoms with E-state index in [1.807, 2.05) is 5.01 Å². The van der Waals surface area contributed by atoms with Gasteiger partial charge in [-0.2, -0.15) is 0 Å². The van der Waals surface area contributed by atoms with Crippen molar-refractivity contribution in [1.29, 1.82) is 0 Å². The standard InChI is InChI=1S/C24H52N2O3/c1-3-5-7-9-11-12-14-15-17-23(28)21-25-26(19-20-27)22-24(29)18-16-13-10-8-6-4-2/h23-25,27-29H,3-22H2,1-2H3. The van der Waals surface area contributed by atoms with Gasteiger partial charge in [0.1, 0.15) is 0 Å². The second-order valence-corrected chi connectivity index (χ2v) is 8.66. The first-order chi connectivity index (χ1) is 14.1. The number of hydrazine groups is 1. The molecule has 0 rings (SSSR count). The fraction of sp³-hybridized carbons (Fsp3) is 1.00. The predicted molar refractivity (Wildman–Crippen MR) is 124 cm³/mol. The minimum atomic E-state index is -0.384. The topological polar surface area (TPSA) is 76.0 Å². The molecule has 0 fully saturated rings. The summed E-state index contributed by atoms with van der Waals surface area (Å²) in [5.74, 6) is 0. The third-order valence-electron chi connectivity index (χ3n) is 5.63. The summed E-state index contributed by atoms with van der Waals surface area (Å²) in [5.41, 5.74) is 3.21. The van der Waals surface area contributed by atoms with Gasteiger partial charge in [-0.05, 0) is 12.8 Å². The van der Waals surface area contributed by atoms with E-state index in [0.717, 1.165) is 25.7 Å². The van der Waals surface area contributed by atoms with Crippen LogP contribution in [0.5, 0.6) is 0 Å². The maximum Gasteiger partial charge on any atom is 0.0681 e. The number of aliphatic hydroxyl groups excluding tert-OH is 3. The highest BCUT2D eigenvalue weighted by atomic mass is 16.3. The average Bonchev–Trinajstić information content (AvgIpc) is 2.71. The molecule has 0 radical (unpaired) electrons. The molecule has 0 aromatic rings. The molecular weight excluding hydrogens is 364 g/mol. The van der Waals surface area contributed by atoms with Crippen molar-refractivity contribution in [3.05, 3.63) is 0 Å². The van der Waals surface area contributed by atoms with Crippen molar-refractivity contribution < 1.29 is 15.3 Å². The zero-order valence-corrected chi connectivity index (χ0v) is 19.6. The molecule has 0 aliphatic carbocycles. The maximum atomic E-state index is 10.3. The fourth-order valence-corrected chi connectivity index (χ4v) is 3.71. The molecule has 2 unspecified atom stereocenters. The largest absolute Gasteiger partial charge is 0.395 e. The Balaban J connectivity index is 3.76. The van der Waals surface area contributed by atoms with Crippen molar-refractivity contribution in [2.45, 2.75) is 129 Å². The van der Waals surface area contributed by atoms with Gasteiger partial charge in [-0.25, -0.2) is 5.01 Å². The smallest absolute Gasteiger partial charge is 0.0681 e. The first-order valence-electron chi connectivity index (χ1n) is 12.6. The molecular formula is C24H52N2O3. The number of rotatable bonds is 23. The van der Waals surface area contributed by atoms with Gasteiger partial charge in [-0.3, -0.25) is 5.43 Å². The van der Waals surface area contributed by atoms with E-state index in [-0.39, 0.29) is 18.8 Å². The van der Waals surface area contributed by atoms with Crippen molar-refractivity contribution in [1.82, 2.24) is 10.4 Å². The molecule has 0 bridgehead atoms. The molecule has 2 atom stereocenters. The first kappa shape index (κ1) is 28.8. The van der Waals surface area contributed by atoms with Crippen LogP contribution >= 0.6 is 0 Å². The van der Waals surface area contributed by atoms with Gasteiger partial charge in [-0.15, -0.1) is 0 Å². The van der Waals surface area contributed by atoms with Crippen LogP contribution in [0.25, 0.3) is 0 Å². The molecule has 0 heterocycles. The van der Waals surface area contributed by atoms with Crippen molar-refractivity contribution in [3.63, 3.8) is 0 Å². The van der Waals surface area contributed by atoms with Crippen molar-refractivity contribution in [3.8, 4) is 0 Å². The van der Waals surface area contributed by atoms with Crippen LogP contribution in [0.4, 0.5) is 0 Å². The van der Waals surface area contributed by atoms with Gasteiger partial charge < -0.3 is 15.3 Å². The van der Waals surface area contributed by atoms with Gasteiger partial charge in [0.2, 0.25) is 0 Å². The molecule has 176 valence electrons. The second-order valence-electron chi connectivity index (χ2n) is 8.66. The summed E-state index contributed by atoms with van der Waals surface area (Å²) >= 11 is 0. The van der Waals surface area contributed by atoms with E-state index < -0.39 is 0 Å². The molecule has 5 heteroatoms. The highest BCUT2D eigenvalue weighted by molar-refractivity contribution is 4.65. The Bertz CT molecular complexity index is 319. The SMILES string of the molecule is CCCCCCCCCCC(O)CNN(CCO)CC(O)CCCCCCCC. The first-order valence-corrected chi connectivity index (χ1v) is 12.6. The Morgan fingerprint density at radius 3 is 1.59 bits per heavy atom. The molecule has 0 amide bonds. The third kappa shape index (κ3) is 20.8. The van der Waals surface area contributed by atoms with Crippen LogP contribution < -0.4 is 5.43 Å². The van der Waals surface area contributed by atoms with Gasteiger partial charge in [0, 0.05) is 19.6 Å². The van der Waals surface area contributed by atoms with E-state index in [4.69, 9.17) is 0 Å². The van der Waals surface area contributed by atoms with Crippen LogP contribution in [0.1, 0.15) is 117 Å². The van der Waals surface area contributed by atoms with E-state index in [2.05, 4.69) is 19.3 Å². The zero-order valence-electron chi connectivity index (χ0n) is 19.6. The fourth-order valence-electron chi connectivity index (χ4n) is 3.71. The van der Waals surface area contributed by atoms with Crippen LogP contribution in [-0.4, -0.2) is 58.8 Å². The van der Waals surface area contributed by atoms with E-state index >= 15 is 0 Å². The lowest BCUT2D eigenvalue weighted by Crippen LogP contribution is -2.47. The summed E-state index contributed by atoms with van der Waals surface area (Å²) < 4.78 is 0. The number of nitrogens with one attached hydrogen (secondary N) is 1. The van der Waals surface area contributed by atoms with Crippen LogP contribution in [-0.2, 0) is 0 Å². The molecule has 0 aromatic carbocycles. The lowest BCUT2D eigenvalue weighted by molar-refractivity contribution is 0.0448. The highest BCUT2D eigenvalue weighted by Gasteiger charge is 2.13. The van der Waals surface area contributed by atoms with Gasteiger partial charge in [-0.1, -0.05) is 104 Å². The van der Waals surface area contributed by atoms with Gasteiger partial charge in [0.05, 0.1) is 18.8 Å². The highest BCUT2D eigenvalue weighted by Crippen LogP contribution is 2.11. The molecule has 29 heavy (non-hydrogen) atoms. The monoisotopic (exact) mass is 416 g/mol.